The van der Waals surface area contributed by atoms with E-state index in [9.17, 15) is 4.79 Å². The molecular formula is C19H19N5O2S. The number of anilines is 1. The summed E-state index contributed by atoms with van der Waals surface area (Å²) in [5.41, 5.74) is 1.87. The van der Waals surface area contributed by atoms with Gasteiger partial charge in [-0.15, -0.1) is 11.3 Å². The van der Waals surface area contributed by atoms with Gasteiger partial charge in [0.15, 0.2) is 0 Å². The maximum Gasteiger partial charge on any atom is 0.240 e. The van der Waals surface area contributed by atoms with Crippen molar-refractivity contribution in [1.82, 2.24) is 19.9 Å². The van der Waals surface area contributed by atoms with Crippen LogP contribution >= 0.6 is 11.3 Å². The van der Waals surface area contributed by atoms with E-state index in [1.807, 2.05) is 31.3 Å². The number of amides is 1. The molecule has 1 amide bonds. The van der Waals surface area contributed by atoms with Gasteiger partial charge in [0.2, 0.25) is 11.9 Å². The van der Waals surface area contributed by atoms with Crippen molar-refractivity contribution in [1.29, 1.82) is 0 Å². The molecule has 1 N–H and O–H groups in total. The standard InChI is InChI=1S/C19H19N5O2S/c1-11-20-7-17(27-11)12-2-3-13-6-21-19(22-16(13)4-12)23-18(25)9-24-8-15-5-14(24)10-26-15/h2-4,6-7,14-15H,5,8-10H2,1H3,(H,21,22,23,25)/t14-,15-/m1/s1. The Morgan fingerprint density at radius 3 is 3.04 bits per heavy atom. The predicted molar refractivity (Wildman–Crippen MR) is 104 cm³/mol. The number of nitrogens with one attached hydrogen (secondary N) is 1. The Labute approximate surface area is 160 Å². The molecule has 2 aliphatic rings. The van der Waals surface area contributed by atoms with Crippen molar-refractivity contribution >= 4 is 34.1 Å². The molecule has 2 atom stereocenters. The van der Waals surface area contributed by atoms with E-state index >= 15 is 0 Å². The molecule has 0 spiro atoms. The van der Waals surface area contributed by atoms with E-state index in [2.05, 4.69) is 25.2 Å². The second-order valence-electron chi connectivity index (χ2n) is 7.03. The molecule has 4 heterocycles. The number of hydrogen-bond acceptors (Lipinski definition) is 7. The monoisotopic (exact) mass is 381 g/mol. The first-order valence-corrected chi connectivity index (χ1v) is 9.81. The summed E-state index contributed by atoms with van der Waals surface area (Å²) in [5, 5.41) is 4.80. The normalized spacial score (nSPS) is 21.8. The van der Waals surface area contributed by atoms with Crippen molar-refractivity contribution in [2.24, 2.45) is 0 Å². The SMILES string of the molecule is Cc1ncc(-c2ccc3cnc(NC(=O)CN4C[C@H]5C[C@@H]4CO5)nc3c2)s1. The molecule has 27 heavy (non-hydrogen) atoms. The maximum absolute atomic E-state index is 12.4. The highest BCUT2D eigenvalue weighted by molar-refractivity contribution is 7.15. The summed E-state index contributed by atoms with van der Waals surface area (Å²) in [5.74, 6) is 0.252. The average Bonchev–Trinajstić information content (AvgIpc) is 3.38. The number of hydrogen-bond donors (Lipinski definition) is 1. The van der Waals surface area contributed by atoms with Crippen LogP contribution in [0.25, 0.3) is 21.3 Å². The summed E-state index contributed by atoms with van der Waals surface area (Å²) in [6.45, 7) is 3.90. The van der Waals surface area contributed by atoms with E-state index in [0.717, 1.165) is 45.9 Å². The van der Waals surface area contributed by atoms with Gasteiger partial charge in [-0.1, -0.05) is 12.1 Å². The van der Waals surface area contributed by atoms with Crippen LogP contribution in [-0.4, -0.2) is 57.6 Å². The van der Waals surface area contributed by atoms with Crippen LogP contribution in [0, 0.1) is 6.92 Å². The number of carbonyl (C=O) groups is 1. The zero-order valence-corrected chi connectivity index (χ0v) is 15.7. The zero-order valence-electron chi connectivity index (χ0n) is 14.9. The Morgan fingerprint density at radius 2 is 2.30 bits per heavy atom. The van der Waals surface area contributed by atoms with Crippen LogP contribution in [-0.2, 0) is 9.53 Å². The molecule has 8 heteroatoms. The summed E-state index contributed by atoms with van der Waals surface area (Å²) < 4.78 is 5.58. The number of fused-ring (bicyclic) bond motifs is 3. The lowest BCUT2D eigenvalue weighted by Gasteiger charge is -2.25. The molecule has 2 aromatic heterocycles. The Morgan fingerprint density at radius 1 is 1.37 bits per heavy atom. The third-order valence-electron chi connectivity index (χ3n) is 5.10. The van der Waals surface area contributed by atoms with Gasteiger partial charge in [0.25, 0.3) is 0 Å². The molecule has 138 valence electrons. The first kappa shape index (κ1) is 16.7. The van der Waals surface area contributed by atoms with Crippen LogP contribution in [0.5, 0.6) is 0 Å². The van der Waals surface area contributed by atoms with Crippen molar-refractivity contribution in [2.75, 3.05) is 25.0 Å². The third-order valence-corrected chi connectivity index (χ3v) is 6.06. The van der Waals surface area contributed by atoms with E-state index in [1.54, 1.807) is 17.5 Å². The first-order valence-electron chi connectivity index (χ1n) is 8.99. The number of nitrogens with zero attached hydrogens (tertiary/aromatic N) is 4. The number of likely N-dealkylation sites (tertiary alicyclic amines) is 1. The molecule has 7 nitrogen and oxygen atoms in total. The van der Waals surface area contributed by atoms with E-state index in [-0.39, 0.29) is 12.0 Å². The first-order chi connectivity index (χ1) is 13.1. The number of thiazole rings is 1. The fourth-order valence-electron chi connectivity index (χ4n) is 3.75. The third kappa shape index (κ3) is 3.31. The Bertz CT molecular complexity index is 1020. The molecule has 2 saturated heterocycles. The van der Waals surface area contributed by atoms with Crippen LogP contribution in [0.2, 0.25) is 0 Å². The van der Waals surface area contributed by atoms with Gasteiger partial charge in [0.05, 0.1) is 34.7 Å². The van der Waals surface area contributed by atoms with Crippen molar-refractivity contribution in [3.63, 3.8) is 0 Å². The summed E-state index contributed by atoms with van der Waals surface area (Å²) in [4.78, 5) is 28.8. The smallest absolute Gasteiger partial charge is 0.240 e. The van der Waals surface area contributed by atoms with Crippen molar-refractivity contribution in [3.8, 4) is 10.4 Å². The second-order valence-corrected chi connectivity index (χ2v) is 8.27. The number of ether oxygens (including phenoxy) is 1. The number of aromatic nitrogens is 3. The van der Waals surface area contributed by atoms with Crippen molar-refractivity contribution in [2.45, 2.75) is 25.5 Å². The van der Waals surface area contributed by atoms with Gasteiger partial charge in [-0.3, -0.25) is 15.0 Å². The summed E-state index contributed by atoms with van der Waals surface area (Å²) >= 11 is 1.65. The highest BCUT2D eigenvalue weighted by atomic mass is 32.1. The second kappa shape index (κ2) is 6.63. The lowest BCUT2D eigenvalue weighted by atomic mass is 10.1. The number of carbonyl (C=O) groups excluding carboxylic acids is 1. The largest absolute Gasteiger partial charge is 0.375 e. The lowest BCUT2D eigenvalue weighted by molar-refractivity contribution is -0.118. The molecule has 0 unspecified atom stereocenters. The fourth-order valence-corrected chi connectivity index (χ4v) is 4.53. The topological polar surface area (TPSA) is 80.2 Å². The van der Waals surface area contributed by atoms with Crippen molar-refractivity contribution < 1.29 is 9.53 Å². The Balaban J connectivity index is 1.33. The maximum atomic E-state index is 12.4. The van der Waals surface area contributed by atoms with E-state index < -0.39 is 0 Å². The van der Waals surface area contributed by atoms with Crippen LogP contribution in [0.1, 0.15) is 11.4 Å². The molecule has 0 radical (unpaired) electrons. The van der Waals surface area contributed by atoms with Gasteiger partial charge in [0.1, 0.15) is 0 Å². The predicted octanol–water partition coefficient (Wildman–Crippen LogP) is 2.47. The molecule has 0 saturated carbocycles. The summed E-state index contributed by atoms with van der Waals surface area (Å²) in [6, 6.07) is 6.41. The number of benzene rings is 1. The quantitative estimate of drug-likeness (QED) is 0.748. The molecule has 1 aromatic carbocycles. The molecule has 2 fully saturated rings. The van der Waals surface area contributed by atoms with E-state index in [1.165, 1.54) is 0 Å². The Kier molecular flexibility index (Phi) is 4.11. The number of rotatable bonds is 4. The summed E-state index contributed by atoms with van der Waals surface area (Å²) in [6.07, 6.45) is 4.93. The summed E-state index contributed by atoms with van der Waals surface area (Å²) in [7, 11) is 0. The highest BCUT2D eigenvalue weighted by Gasteiger charge is 2.39. The zero-order chi connectivity index (χ0) is 18.4. The van der Waals surface area contributed by atoms with Gasteiger partial charge in [0, 0.05) is 30.4 Å². The number of morpholine rings is 1. The van der Waals surface area contributed by atoms with Gasteiger partial charge in [-0.2, -0.15) is 0 Å². The molecule has 2 bridgehead atoms. The molecule has 0 aliphatic carbocycles. The highest BCUT2D eigenvalue weighted by Crippen LogP contribution is 2.29. The van der Waals surface area contributed by atoms with Crippen LogP contribution in [0.3, 0.4) is 0 Å². The average molecular weight is 381 g/mol. The minimum absolute atomic E-state index is 0.0869. The van der Waals surface area contributed by atoms with Gasteiger partial charge < -0.3 is 4.74 Å². The van der Waals surface area contributed by atoms with Crippen LogP contribution < -0.4 is 5.32 Å². The van der Waals surface area contributed by atoms with Gasteiger partial charge in [-0.05, 0) is 25.0 Å². The lowest BCUT2D eigenvalue weighted by Crippen LogP contribution is -2.42. The minimum Gasteiger partial charge on any atom is -0.375 e. The van der Waals surface area contributed by atoms with E-state index in [4.69, 9.17) is 4.74 Å². The van der Waals surface area contributed by atoms with Crippen LogP contribution in [0.15, 0.2) is 30.6 Å². The fraction of sp³-hybridized carbons (Fsp3) is 0.368. The molecule has 2 aliphatic heterocycles. The van der Waals surface area contributed by atoms with Crippen molar-refractivity contribution in [3.05, 3.63) is 35.6 Å². The minimum atomic E-state index is -0.0869. The molecule has 5 rings (SSSR count). The van der Waals surface area contributed by atoms with Crippen LogP contribution in [0.4, 0.5) is 5.95 Å². The molecule has 3 aromatic rings. The number of aryl methyl sites for hydroxylation is 1. The molecular weight excluding hydrogens is 362 g/mol. The van der Waals surface area contributed by atoms with Gasteiger partial charge in [-0.25, -0.2) is 15.0 Å². The van der Waals surface area contributed by atoms with Gasteiger partial charge >= 0.3 is 0 Å². The Hall–Kier alpha value is -2.42. The van der Waals surface area contributed by atoms with E-state index in [0.29, 0.717) is 18.5 Å².